The summed E-state index contributed by atoms with van der Waals surface area (Å²) in [6.07, 6.45) is 2.39. The van der Waals surface area contributed by atoms with E-state index in [0.717, 1.165) is 0 Å². The van der Waals surface area contributed by atoms with Gasteiger partial charge in [0.2, 0.25) is 6.23 Å². The van der Waals surface area contributed by atoms with Crippen molar-refractivity contribution in [3.8, 4) is 0 Å². The molecule has 2 aliphatic heterocycles. The van der Waals surface area contributed by atoms with Crippen molar-refractivity contribution in [2.45, 2.75) is 50.8 Å². The number of nitrogens with one attached hydrogen (secondary N) is 1. The van der Waals surface area contributed by atoms with Gasteiger partial charge in [-0.1, -0.05) is 12.2 Å². The van der Waals surface area contributed by atoms with Gasteiger partial charge in [0, 0.05) is 35.5 Å². The predicted octanol–water partition coefficient (Wildman–Crippen LogP) is 3.64. The molecule has 0 radical (unpaired) electrons. The molecule has 4 rings (SSSR count). The number of dihydropyridines is 1. The van der Waals surface area contributed by atoms with Gasteiger partial charge in [-0.3, -0.25) is 9.58 Å². The quantitative estimate of drug-likeness (QED) is 0.603. The van der Waals surface area contributed by atoms with Gasteiger partial charge >= 0.3 is 12.3 Å². The van der Waals surface area contributed by atoms with Crippen LogP contribution >= 0.6 is 0 Å². The molecular weight excluding hydrogens is 472 g/mol. The maximum Gasteiger partial charge on any atom is 0.417 e. The molecule has 190 valence electrons. The topological polar surface area (TPSA) is 88.9 Å². The number of hydrogen-bond acceptors (Lipinski definition) is 6. The second kappa shape index (κ2) is 9.76. The molecule has 1 amide bonds. The molecule has 4 atom stereocenters. The third-order valence-electron chi connectivity index (χ3n) is 6.33. The van der Waals surface area contributed by atoms with Crippen LogP contribution in [0, 0.1) is 5.92 Å². The van der Waals surface area contributed by atoms with Crippen molar-refractivity contribution in [1.82, 2.24) is 20.0 Å². The number of fused-ring (bicyclic) bond motifs is 1. The van der Waals surface area contributed by atoms with Gasteiger partial charge in [0.15, 0.2) is 5.83 Å². The van der Waals surface area contributed by atoms with Gasteiger partial charge in [-0.2, -0.15) is 18.3 Å². The highest BCUT2D eigenvalue weighted by atomic mass is 19.4. The molecule has 1 saturated heterocycles. The SMILES string of the molecule is COC(=O)N1C(C)CCC2C(OC3NC=C(C(F)(F)F)C=C3F)=C(c3cnn(CCO)c3)C=CC21. The molecule has 1 fully saturated rings. The second-order valence-corrected chi connectivity index (χ2v) is 8.54. The molecule has 2 N–H and O–H groups in total. The Morgan fingerprint density at radius 3 is 2.77 bits per heavy atom. The van der Waals surface area contributed by atoms with Crippen LogP contribution in [-0.2, 0) is 16.0 Å². The number of carbonyl (C=O) groups excluding carboxylic acids is 1. The van der Waals surface area contributed by atoms with E-state index < -0.39 is 41.9 Å². The Morgan fingerprint density at radius 2 is 2.11 bits per heavy atom. The van der Waals surface area contributed by atoms with Crippen LogP contribution in [0.1, 0.15) is 25.3 Å². The van der Waals surface area contributed by atoms with Crippen LogP contribution in [0.25, 0.3) is 5.57 Å². The highest BCUT2D eigenvalue weighted by molar-refractivity contribution is 5.78. The number of ether oxygens (including phenoxy) is 2. The molecule has 35 heavy (non-hydrogen) atoms. The lowest BCUT2D eigenvalue weighted by molar-refractivity contribution is -0.0898. The summed E-state index contributed by atoms with van der Waals surface area (Å²) in [6, 6.07) is -0.570. The Hall–Kier alpha value is -3.28. The van der Waals surface area contributed by atoms with E-state index in [4.69, 9.17) is 9.47 Å². The first-order valence-electron chi connectivity index (χ1n) is 11.1. The molecule has 3 heterocycles. The summed E-state index contributed by atoms with van der Waals surface area (Å²) in [4.78, 5) is 14.1. The number of alkyl halides is 3. The van der Waals surface area contributed by atoms with Crippen molar-refractivity contribution in [1.29, 1.82) is 0 Å². The first-order valence-corrected chi connectivity index (χ1v) is 11.1. The van der Waals surface area contributed by atoms with E-state index >= 15 is 0 Å². The highest BCUT2D eigenvalue weighted by Gasteiger charge is 2.44. The zero-order valence-electron chi connectivity index (χ0n) is 19.1. The Bertz CT molecular complexity index is 1090. The number of halogens is 4. The molecule has 0 spiro atoms. The molecule has 4 unspecified atom stereocenters. The first-order chi connectivity index (χ1) is 16.6. The van der Waals surface area contributed by atoms with E-state index in [2.05, 4.69) is 10.4 Å². The van der Waals surface area contributed by atoms with Crippen molar-refractivity contribution in [3.63, 3.8) is 0 Å². The maximum atomic E-state index is 14.7. The van der Waals surface area contributed by atoms with Crippen molar-refractivity contribution in [2.24, 2.45) is 5.92 Å². The number of hydrogen-bond donors (Lipinski definition) is 2. The van der Waals surface area contributed by atoms with Crippen LogP contribution in [0.4, 0.5) is 22.4 Å². The van der Waals surface area contributed by atoms with Gasteiger partial charge in [0.05, 0.1) is 38.1 Å². The standard InChI is InChI=1S/C23H26F4N4O4/c1-13-3-4-17-19(31(13)22(33)34-2)6-5-16(14-10-29-30(12-14)7-8-32)20(17)35-21-18(24)9-15(11-28-21)23(25,26)27/h5-6,9-13,17,19,21,28,32H,3-4,7-8H2,1-2H3. The van der Waals surface area contributed by atoms with Crippen LogP contribution in [0.15, 0.2) is 54.0 Å². The summed E-state index contributed by atoms with van der Waals surface area (Å²) in [5.74, 6) is -1.19. The van der Waals surface area contributed by atoms with Crippen molar-refractivity contribution < 1.29 is 36.9 Å². The van der Waals surface area contributed by atoms with E-state index in [9.17, 15) is 27.5 Å². The Morgan fingerprint density at radius 1 is 1.34 bits per heavy atom. The van der Waals surface area contributed by atoms with Gasteiger partial charge < -0.3 is 19.9 Å². The predicted molar refractivity (Wildman–Crippen MR) is 117 cm³/mol. The number of piperidine rings is 1. The number of allylic oxidation sites excluding steroid dienone is 4. The lowest BCUT2D eigenvalue weighted by atomic mass is 9.79. The van der Waals surface area contributed by atoms with Crippen LogP contribution in [0.3, 0.4) is 0 Å². The van der Waals surface area contributed by atoms with Gasteiger partial charge in [0.1, 0.15) is 5.76 Å². The molecule has 1 aromatic heterocycles. The van der Waals surface area contributed by atoms with E-state index in [1.54, 1.807) is 23.4 Å². The number of aliphatic hydroxyl groups excluding tert-OH is 1. The number of amides is 1. The van der Waals surface area contributed by atoms with Crippen LogP contribution in [0.5, 0.6) is 0 Å². The molecule has 8 nitrogen and oxygen atoms in total. The average Bonchev–Trinajstić information content (AvgIpc) is 3.27. The third kappa shape index (κ3) is 4.93. The zero-order valence-corrected chi connectivity index (χ0v) is 19.1. The summed E-state index contributed by atoms with van der Waals surface area (Å²) >= 11 is 0. The minimum Gasteiger partial charge on any atom is -0.467 e. The fourth-order valence-corrected chi connectivity index (χ4v) is 4.62. The summed E-state index contributed by atoms with van der Waals surface area (Å²) < 4.78 is 66.2. The number of aromatic nitrogens is 2. The van der Waals surface area contributed by atoms with E-state index in [0.29, 0.717) is 42.0 Å². The van der Waals surface area contributed by atoms with Crippen molar-refractivity contribution in [2.75, 3.05) is 13.7 Å². The molecule has 3 aliphatic rings. The molecular formula is C23H26F4N4O4. The monoisotopic (exact) mass is 498 g/mol. The number of rotatable bonds is 5. The summed E-state index contributed by atoms with van der Waals surface area (Å²) in [6.45, 7) is 2.04. The fraction of sp³-hybridized carbons (Fsp3) is 0.478. The van der Waals surface area contributed by atoms with Crippen molar-refractivity contribution >= 4 is 11.7 Å². The minimum atomic E-state index is -4.71. The number of methoxy groups -OCH3 is 1. The largest absolute Gasteiger partial charge is 0.467 e. The van der Waals surface area contributed by atoms with Gasteiger partial charge in [0.25, 0.3) is 0 Å². The summed E-state index contributed by atoms with van der Waals surface area (Å²) in [5.41, 5.74) is 0.0345. The molecule has 1 aromatic rings. The lowest BCUT2D eigenvalue weighted by Gasteiger charge is -2.45. The molecule has 0 aromatic carbocycles. The number of likely N-dealkylation sites (tertiary alicyclic amines) is 1. The van der Waals surface area contributed by atoms with Crippen LogP contribution in [-0.4, -0.2) is 64.1 Å². The van der Waals surface area contributed by atoms with Crippen LogP contribution < -0.4 is 5.32 Å². The number of aliphatic hydroxyl groups is 1. The molecule has 0 saturated carbocycles. The fourth-order valence-electron chi connectivity index (χ4n) is 4.62. The van der Waals surface area contributed by atoms with Gasteiger partial charge in [-0.25, -0.2) is 9.18 Å². The average molecular weight is 498 g/mol. The zero-order chi connectivity index (χ0) is 25.3. The van der Waals surface area contributed by atoms with E-state index in [-0.39, 0.29) is 19.2 Å². The summed E-state index contributed by atoms with van der Waals surface area (Å²) in [5, 5.41) is 15.8. The van der Waals surface area contributed by atoms with E-state index in [1.807, 2.05) is 13.0 Å². The van der Waals surface area contributed by atoms with Crippen molar-refractivity contribution in [3.05, 3.63) is 59.5 Å². The van der Waals surface area contributed by atoms with Gasteiger partial charge in [-0.05, 0) is 25.8 Å². The summed E-state index contributed by atoms with van der Waals surface area (Å²) in [7, 11) is 1.29. The molecule has 0 bridgehead atoms. The number of carbonyl (C=O) groups is 1. The third-order valence-corrected chi connectivity index (χ3v) is 6.33. The Balaban J connectivity index is 1.71. The first kappa shape index (κ1) is 24.8. The highest BCUT2D eigenvalue weighted by Crippen LogP contribution is 2.43. The maximum absolute atomic E-state index is 14.7. The van der Waals surface area contributed by atoms with Gasteiger partial charge in [-0.15, -0.1) is 0 Å². The van der Waals surface area contributed by atoms with E-state index in [1.165, 1.54) is 11.8 Å². The molecule has 1 aliphatic carbocycles. The Labute approximate surface area is 199 Å². The normalized spacial score (nSPS) is 26.5. The number of nitrogens with zero attached hydrogens (tertiary/aromatic N) is 3. The Kier molecular flexibility index (Phi) is 6.93. The lowest BCUT2D eigenvalue weighted by Crippen LogP contribution is -2.53. The van der Waals surface area contributed by atoms with Crippen LogP contribution in [0.2, 0.25) is 0 Å². The molecule has 12 heteroatoms. The second-order valence-electron chi connectivity index (χ2n) is 8.54. The smallest absolute Gasteiger partial charge is 0.417 e. The minimum absolute atomic E-state index is 0.119.